The lowest BCUT2D eigenvalue weighted by Crippen LogP contribution is -2.37. The van der Waals surface area contributed by atoms with Gasteiger partial charge in [-0.2, -0.15) is 4.98 Å². The van der Waals surface area contributed by atoms with Crippen LogP contribution < -0.4 is 5.32 Å². The lowest BCUT2D eigenvalue weighted by molar-refractivity contribution is -0.0858. The minimum Gasteiger partial charge on any atom is -0.370 e. The Kier molecular flexibility index (Phi) is 3.49. The highest BCUT2D eigenvalue weighted by Crippen LogP contribution is 2.43. The summed E-state index contributed by atoms with van der Waals surface area (Å²) >= 11 is 0. The van der Waals surface area contributed by atoms with Crippen LogP contribution in [0.2, 0.25) is 0 Å². The normalized spacial score (nSPS) is 21.9. The Balaban J connectivity index is 2.15. The molecule has 2 unspecified atom stereocenters. The van der Waals surface area contributed by atoms with Gasteiger partial charge in [-0.3, -0.25) is 0 Å². The van der Waals surface area contributed by atoms with Crippen molar-refractivity contribution in [3.05, 3.63) is 11.7 Å². The predicted molar refractivity (Wildman–Crippen MR) is 63.8 cm³/mol. The highest BCUT2D eigenvalue weighted by atomic mass is 16.5. The summed E-state index contributed by atoms with van der Waals surface area (Å²) in [6.07, 6.45) is 3.14. The second kappa shape index (κ2) is 4.74. The van der Waals surface area contributed by atoms with Gasteiger partial charge in [0.1, 0.15) is 5.60 Å². The Bertz CT molecular complexity index is 368. The predicted octanol–water partition coefficient (Wildman–Crippen LogP) is 1.81. The molecular formula is C12H21N3O2. The fourth-order valence-corrected chi connectivity index (χ4v) is 2.09. The summed E-state index contributed by atoms with van der Waals surface area (Å²) < 4.78 is 10.9. The third kappa shape index (κ3) is 2.09. The molecule has 0 bridgehead atoms. The first-order valence-electron chi connectivity index (χ1n) is 6.19. The van der Waals surface area contributed by atoms with E-state index in [-0.39, 0.29) is 11.5 Å². The first-order chi connectivity index (χ1) is 8.13. The molecule has 96 valence electrons. The molecule has 1 fully saturated rings. The van der Waals surface area contributed by atoms with E-state index in [1.807, 2.05) is 7.05 Å². The highest BCUT2D eigenvalue weighted by Gasteiger charge is 2.43. The number of aromatic nitrogens is 2. The van der Waals surface area contributed by atoms with Gasteiger partial charge in [0.2, 0.25) is 11.7 Å². The molecule has 1 aromatic heterocycles. The van der Waals surface area contributed by atoms with E-state index in [0.29, 0.717) is 17.8 Å². The summed E-state index contributed by atoms with van der Waals surface area (Å²) in [6, 6.07) is 0.309. The summed E-state index contributed by atoms with van der Waals surface area (Å²) in [4.78, 5) is 4.50. The van der Waals surface area contributed by atoms with Gasteiger partial charge < -0.3 is 14.6 Å². The fourth-order valence-electron chi connectivity index (χ4n) is 2.09. The Morgan fingerprint density at radius 2 is 2.12 bits per heavy atom. The van der Waals surface area contributed by atoms with Crippen LogP contribution in [-0.4, -0.2) is 30.3 Å². The van der Waals surface area contributed by atoms with Crippen LogP contribution in [0.15, 0.2) is 4.52 Å². The van der Waals surface area contributed by atoms with E-state index in [4.69, 9.17) is 9.26 Å². The molecule has 1 aliphatic rings. The summed E-state index contributed by atoms with van der Waals surface area (Å²) in [5.74, 6) is 1.59. The number of nitrogens with one attached hydrogen (secondary N) is 1. The van der Waals surface area contributed by atoms with Gasteiger partial charge in [0, 0.05) is 13.2 Å². The monoisotopic (exact) mass is 239 g/mol. The molecular weight excluding hydrogens is 218 g/mol. The summed E-state index contributed by atoms with van der Waals surface area (Å²) in [5.41, 5.74) is -0.287. The molecule has 1 heterocycles. The molecule has 0 radical (unpaired) electrons. The maximum absolute atomic E-state index is 5.54. The fraction of sp³-hybridized carbons (Fsp3) is 0.833. The van der Waals surface area contributed by atoms with Gasteiger partial charge in [-0.1, -0.05) is 12.1 Å². The molecule has 1 aromatic rings. The Hall–Kier alpha value is -0.940. The Morgan fingerprint density at radius 3 is 2.59 bits per heavy atom. The van der Waals surface area contributed by atoms with Crippen molar-refractivity contribution in [3.63, 3.8) is 0 Å². The second-order valence-corrected chi connectivity index (χ2v) is 4.87. The lowest BCUT2D eigenvalue weighted by Gasteiger charge is -2.37. The standard InChI is InChI=1S/C12H21N3O2/c1-8(9(2)13-3)10-14-11(15-17-10)12(16-4)6-5-7-12/h8-9,13H,5-7H2,1-4H3. The zero-order valence-electron chi connectivity index (χ0n) is 11.0. The highest BCUT2D eigenvalue weighted by molar-refractivity contribution is 5.08. The number of rotatable bonds is 5. The Labute approximate surface area is 102 Å². The van der Waals surface area contributed by atoms with E-state index >= 15 is 0 Å². The van der Waals surface area contributed by atoms with Crippen LogP contribution in [0.5, 0.6) is 0 Å². The zero-order valence-corrected chi connectivity index (χ0v) is 11.0. The molecule has 0 saturated heterocycles. The van der Waals surface area contributed by atoms with Crippen molar-refractivity contribution in [2.24, 2.45) is 0 Å². The minimum atomic E-state index is -0.287. The van der Waals surface area contributed by atoms with Gasteiger partial charge in [-0.05, 0) is 33.2 Å². The van der Waals surface area contributed by atoms with Gasteiger partial charge in [0.05, 0.1) is 5.92 Å². The van der Waals surface area contributed by atoms with Crippen molar-refractivity contribution in [2.75, 3.05) is 14.2 Å². The zero-order chi connectivity index (χ0) is 12.5. The maximum Gasteiger partial charge on any atom is 0.231 e. The summed E-state index contributed by atoms with van der Waals surface area (Å²) in [7, 11) is 3.65. The van der Waals surface area contributed by atoms with Crippen LogP contribution in [-0.2, 0) is 10.3 Å². The van der Waals surface area contributed by atoms with Crippen molar-refractivity contribution in [1.29, 1.82) is 0 Å². The van der Waals surface area contributed by atoms with E-state index in [9.17, 15) is 0 Å². The number of methoxy groups -OCH3 is 1. The van der Waals surface area contributed by atoms with Gasteiger partial charge in [0.25, 0.3) is 0 Å². The molecule has 5 nitrogen and oxygen atoms in total. The lowest BCUT2D eigenvalue weighted by atomic mass is 9.79. The average Bonchev–Trinajstić information content (AvgIpc) is 2.76. The van der Waals surface area contributed by atoms with E-state index < -0.39 is 0 Å². The van der Waals surface area contributed by atoms with Crippen LogP contribution >= 0.6 is 0 Å². The number of hydrogen-bond acceptors (Lipinski definition) is 5. The minimum absolute atomic E-state index is 0.204. The smallest absolute Gasteiger partial charge is 0.231 e. The van der Waals surface area contributed by atoms with Gasteiger partial charge in [0.15, 0.2) is 0 Å². The largest absolute Gasteiger partial charge is 0.370 e. The van der Waals surface area contributed by atoms with E-state index in [1.165, 1.54) is 6.42 Å². The molecule has 1 aliphatic carbocycles. The molecule has 0 spiro atoms. The maximum atomic E-state index is 5.54. The van der Waals surface area contributed by atoms with Crippen LogP contribution in [0.3, 0.4) is 0 Å². The third-order valence-corrected chi connectivity index (χ3v) is 4.00. The summed E-state index contributed by atoms with van der Waals surface area (Å²) in [6.45, 7) is 4.18. The number of nitrogens with zero attached hydrogens (tertiary/aromatic N) is 2. The van der Waals surface area contributed by atoms with Crippen molar-refractivity contribution >= 4 is 0 Å². The quantitative estimate of drug-likeness (QED) is 0.849. The molecule has 1 saturated carbocycles. The molecule has 2 atom stereocenters. The number of likely N-dealkylation sites (N-methyl/N-ethyl adjacent to an activating group) is 1. The topological polar surface area (TPSA) is 60.2 Å². The number of ether oxygens (including phenoxy) is 1. The Morgan fingerprint density at radius 1 is 1.41 bits per heavy atom. The first-order valence-corrected chi connectivity index (χ1v) is 6.19. The van der Waals surface area contributed by atoms with Crippen molar-refractivity contribution in [2.45, 2.75) is 50.7 Å². The van der Waals surface area contributed by atoms with Gasteiger partial charge in [-0.15, -0.1) is 0 Å². The molecule has 2 rings (SSSR count). The second-order valence-electron chi connectivity index (χ2n) is 4.87. The molecule has 0 amide bonds. The summed E-state index contributed by atoms with van der Waals surface area (Å²) in [5, 5.41) is 7.27. The molecule has 17 heavy (non-hydrogen) atoms. The third-order valence-electron chi connectivity index (χ3n) is 4.00. The van der Waals surface area contributed by atoms with Crippen molar-refractivity contribution in [3.8, 4) is 0 Å². The molecule has 0 aliphatic heterocycles. The van der Waals surface area contributed by atoms with E-state index in [1.54, 1.807) is 7.11 Å². The SMILES string of the molecule is CNC(C)C(C)c1nc(C2(OC)CCC2)no1. The first kappa shape index (κ1) is 12.5. The molecule has 0 aromatic carbocycles. The van der Waals surface area contributed by atoms with Gasteiger partial charge in [-0.25, -0.2) is 0 Å². The van der Waals surface area contributed by atoms with Crippen molar-refractivity contribution in [1.82, 2.24) is 15.5 Å². The van der Waals surface area contributed by atoms with Gasteiger partial charge >= 0.3 is 0 Å². The number of hydrogen-bond donors (Lipinski definition) is 1. The van der Waals surface area contributed by atoms with E-state index in [2.05, 4.69) is 29.3 Å². The van der Waals surface area contributed by atoms with Crippen LogP contribution in [0.25, 0.3) is 0 Å². The van der Waals surface area contributed by atoms with Crippen molar-refractivity contribution < 1.29 is 9.26 Å². The average molecular weight is 239 g/mol. The molecule has 1 N–H and O–H groups in total. The van der Waals surface area contributed by atoms with Crippen LogP contribution in [0, 0.1) is 0 Å². The van der Waals surface area contributed by atoms with Crippen LogP contribution in [0.4, 0.5) is 0 Å². The molecule has 5 heteroatoms. The van der Waals surface area contributed by atoms with Crippen LogP contribution in [0.1, 0.15) is 50.7 Å². The van der Waals surface area contributed by atoms with E-state index in [0.717, 1.165) is 12.8 Å².